The first-order chi connectivity index (χ1) is 18.4. The number of aliphatic hydroxyl groups excluding tert-OH is 1. The van der Waals surface area contributed by atoms with Crippen LogP contribution >= 0.6 is 0 Å². The van der Waals surface area contributed by atoms with E-state index in [-0.39, 0.29) is 42.4 Å². The molecule has 3 amide bonds. The van der Waals surface area contributed by atoms with Crippen LogP contribution in [0.1, 0.15) is 51.6 Å². The van der Waals surface area contributed by atoms with Crippen molar-refractivity contribution >= 4 is 17.9 Å². The molecule has 2 aromatic carbocycles. The number of aliphatic hydroxyl groups is 1. The molecule has 0 saturated carbocycles. The number of nitrogens with one attached hydrogen (secondary N) is 1. The molecule has 3 aliphatic heterocycles. The van der Waals surface area contributed by atoms with Crippen LogP contribution in [0.4, 0.5) is 4.79 Å². The van der Waals surface area contributed by atoms with E-state index in [0.717, 1.165) is 24.0 Å². The maximum absolute atomic E-state index is 13.3. The Morgan fingerprint density at radius 2 is 1.82 bits per heavy atom. The summed E-state index contributed by atoms with van der Waals surface area (Å²) in [5.41, 5.74) is 2.57. The van der Waals surface area contributed by atoms with E-state index in [4.69, 9.17) is 9.47 Å². The fourth-order valence-electron chi connectivity index (χ4n) is 5.76. The standard InChI is InChI=1S/C28H33N3O7/c1-2-38-25-12-18(27(34)31-20-8-9-21(31)16-37-15-20)7-10-22(25)26(33)29-13-24(32)23-11-17-5-3-4-6-19(17)14-30(23)28(35)36/h3-7,10,12,20-21,23-24,32H,2,8-9,11,13-16H2,1H3,(H,29,33)(H,35,36)/t20?,21?,23-,24+/m0/s1. The van der Waals surface area contributed by atoms with Crippen molar-refractivity contribution < 1.29 is 34.1 Å². The molecule has 2 unspecified atom stereocenters. The first-order valence-electron chi connectivity index (χ1n) is 13.1. The SMILES string of the molecule is CCOc1cc(C(=O)N2C3CCC2COC3)ccc1C(=O)NC[C@@H](O)[C@@H]1Cc2ccccc2CN1C(=O)O. The number of carbonyl (C=O) groups is 3. The van der Waals surface area contributed by atoms with Crippen molar-refractivity contribution in [2.45, 2.75) is 57.0 Å². The van der Waals surface area contributed by atoms with Crippen LogP contribution < -0.4 is 10.1 Å². The molecule has 2 saturated heterocycles. The second-order valence-electron chi connectivity index (χ2n) is 10.0. The van der Waals surface area contributed by atoms with Crippen LogP contribution in [0.5, 0.6) is 5.75 Å². The van der Waals surface area contributed by atoms with E-state index in [1.54, 1.807) is 25.1 Å². The molecular weight excluding hydrogens is 490 g/mol. The number of amides is 3. The van der Waals surface area contributed by atoms with E-state index in [2.05, 4.69) is 5.32 Å². The zero-order valence-corrected chi connectivity index (χ0v) is 21.3. The van der Waals surface area contributed by atoms with Crippen molar-refractivity contribution in [1.82, 2.24) is 15.1 Å². The summed E-state index contributed by atoms with van der Waals surface area (Å²) in [6, 6.07) is 11.8. The average molecular weight is 524 g/mol. The number of ether oxygens (including phenoxy) is 2. The highest BCUT2D eigenvalue weighted by atomic mass is 16.5. The number of rotatable bonds is 7. The minimum Gasteiger partial charge on any atom is -0.493 e. The van der Waals surface area contributed by atoms with Gasteiger partial charge in [0, 0.05) is 18.7 Å². The molecule has 38 heavy (non-hydrogen) atoms. The third-order valence-corrected chi connectivity index (χ3v) is 7.70. The Labute approximate surface area is 221 Å². The molecule has 0 aromatic heterocycles. The Morgan fingerprint density at radius 1 is 1.11 bits per heavy atom. The number of nitrogens with zero attached hydrogens (tertiary/aromatic N) is 2. The van der Waals surface area contributed by atoms with Gasteiger partial charge in [-0.1, -0.05) is 24.3 Å². The summed E-state index contributed by atoms with van der Waals surface area (Å²) < 4.78 is 11.3. The minimum absolute atomic E-state index is 0.0679. The van der Waals surface area contributed by atoms with Gasteiger partial charge in [0.1, 0.15) is 5.75 Å². The maximum atomic E-state index is 13.3. The van der Waals surface area contributed by atoms with Crippen LogP contribution in [0.25, 0.3) is 0 Å². The second-order valence-corrected chi connectivity index (χ2v) is 10.0. The van der Waals surface area contributed by atoms with Gasteiger partial charge in [-0.2, -0.15) is 0 Å². The Bertz CT molecular complexity index is 1200. The summed E-state index contributed by atoms with van der Waals surface area (Å²) >= 11 is 0. The normalized spacial score (nSPS) is 22.9. The largest absolute Gasteiger partial charge is 0.493 e. The fraction of sp³-hybridized carbons (Fsp3) is 0.464. The number of fused-ring (bicyclic) bond motifs is 3. The summed E-state index contributed by atoms with van der Waals surface area (Å²) in [5.74, 6) is -0.295. The lowest BCUT2D eigenvalue weighted by Crippen LogP contribution is -2.53. The molecule has 3 N–H and O–H groups in total. The number of benzene rings is 2. The lowest BCUT2D eigenvalue weighted by molar-refractivity contribution is -0.00717. The van der Waals surface area contributed by atoms with Crippen LogP contribution in [-0.4, -0.2) is 88.5 Å². The molecule has 202 valence electrons. The van der Waals surface area contributed by atoms with E-state index in [1.807, 2.05) is 29.2 Å². The highest BCUT2D eigenvalue weighted by molar-refractivity contribution is 6.00. The van der Waals surface area contributed by atoms with Crippen LogP contribution in [0.15, 0.2) is 42.5 Å². The second kappa shape index (κ2) is 11.0. The Morgan fingerprint density at radius 3 is 2.50 bits per heavy atom. The first kappa shape index (κ1) is 26.0. The predicted molar refractivity (Wildman–Crippen MR) is 137 cm³/mol. The van der Waals surface area contributed by atoms with Gasteiger partial charge in [-0.05, 0) is 55.5 Å². The van der Waals surface area contributed by atoms with Gasteiger partial charge in [-0.15, -0.1) is 0 Å². The first-order valence-corrected chi connectivity index (χ1v) is 13.1. The van der Waals surface area contributed by atoms with Crippen molar-refractivity contribution in [3.63, 3.8) is 0 Å². The van der Waals surface area contributed by atoms with E-state index in [1.165, 1.54) is 4.90 Å². The summed E-state index contributed by atoms with van der Waals surface area (Å²) in [4.78, 5) is 41.4. The van der Waals surface area contributed by atoms with Gasteiger partial charge in [0.05, 0.1) is 49.6 Å². The van der Waals surface area contributed by atoms with E-state index >= 15 is 0 Å². The number of morpholine rings is 1. The molecular formula is C28H33N3O7. The summed E-state index contributed by atoms with van der Waals surface area (Å²) in [7, 11) is 0. The summed E-state index contributed by atoms with van der Waals surface area (Å²) in [5, 5.41) is 23.3. The molecule has 0 spiro atoms. The highest BCUT2D eigenvalue weighted by Crippen LogP contribution is 2.32. The minimum atomic E-state index is -1.12. The van der Waals surface area contributed by atoms with Crippen LogP contribution in [0.2, 0.25) is 0 Å². The van der Waals surface area contributed by atoms with Gasteiger partial charge >= 0.3 is 6.09 Å². The molecule has 3 heterocycles. The molecule has 0 aliphatic carbocycles. The third-order valence-electron chi connectivity index (χ3n) is 7.70. The fourth-order valence-corrected chi connectivity index (χ4v) is 5.76. The van der Waals surface area contributed by atoms with E-state index in [9.17, 15) is 24.6 Å². The van der Waals surface area contributed by atoms with Crippen LogP contribution in [0, 0.1) is 0 Å². The van der Waals surface area contributed by atoms with Crippen molar-refractivity contribution in [3.8, 4) is 5.75 Å². The zero-order valence-electron chi connectivity index (χ0n) is 21.3. The molecule has 5 rings (SSSR count). The predicted octanol–water partition coefficient (Wildman–Crippen LogP) is 2.28. The van der Waals surface area contributed by atoms with Gasteiger partial charge in [-0.25, -0.2) is 4.79 Å². The van der Waals surface area contributed by atoms with Crippen LogP contribution in [0.3, 0.4) is 0 Å². The molecule has 2 aromatic rings. The van der Waals surface area contributed by atoms with Gasteiger partial charge in [0.25, 0.3) is 11.8 Å². The summed E-state index contributed by atoms with van der Waals surface area (Å²) in [6.45, 7) is 3.21. The molecule has 0 radical (unpaired) electrons. The van der Waals surface area contributed by atoms with Crippen molar-refractivity contribution in [3.05, 3.63) is 64.7 Å². The number of hydrogen-bond donors (Lipinski definition) is 3. The van der Waals surface area contributed by atoms with Gasteiger partial charge in [-0.3, -0.25) is 14.5 Å². The van der Waals surface area contributed by atoms with Crippen molar-refractivity contribution in [2.24, 2.45) is 0 Å². The molecule has 2 bridgehead atoms. The van der Waals surface area contributed by atoms with E-state index in [0.29, 0.717) is 31.8 Å². The highest BCUT2D eigenvalue weighted by Gasteiger charge is 2.41. The topological polar surface area (TPSA) is 129 Å². The maximum Gasteiger partial charge on any atom is 0.407 e. The lowest BCUT2D eigenvalue weighted by atomic mass is 9.91. The van der Waals surface area contributed by atoms with Crippen LogP contribution in [-0.2, 0) is 17.7 Å². The molecule has 10 nitrogen and oxygen atoms in total. The van der Waals surface area contributed by atoms with Gasteiger partial charge in [0.2, 0.25) is 0 Å². The Hall–Kier alpha value is -3.63. The number of hydrogen-bond acceptors (Lipinski definition) is 6. The number of carbonyl (C=O) groups excluding carboxylic acids is 2. The molecule has 4 atom stereocenters. The van der Waals surface area contributed by atoms with E-state index < -0.39 is 24.1 Å². The summed E-state index contributed by atoms with van der Waals surface area (Å²) in [6.07, 6.45) is -0.0456. The zero-order chi connectivity index (χ0) is 26.8. The Kier molecular flexibility index (Phi) is 7.53. The third kappa shape index (κ3) is 5.06. The molecule has 10 heteroatoms. The smallest absolute Gasteiger partial charge is 0.407 e. The molecule has 2 fully saturated rings. The van der Waals surface area contributed by atoms with Gasteiger partial charge in [0.15, 0.2) is 0 Å². The van der Waals surface area contributed by atoms with Crippen molar-refractivity contribution in [2.75, 3.05) is 26.4 Å². The average Bonchev–Trinajstić information content (AvgIpc) is 3.17. The monoisotopic (exact) mass is 523 g/mol. The van der Waals surface area contributed by atoms with Gasteiger partial charge < -0.3 is 29.9 Å². The lowest BCUT2D eigenvalue weighted by Gasteiger charge is -2.37. The quantitative estimate of drug-likeness (QED) is 0.508. The number of carboxylic acid groups (broad SMARTS) is 1. The Balaban J connectivity index is 1.28. The van der Waals surface area contributed by atoms with Crippen molar-refractivity contribution in [1.29, 1.82) is 0 Å². The molecule has 3 aliphatic rings.